The van der Waals surface area contributed by atoms with Crippen molar-refractivity contribution in [1.82, 2.24) is 24.5 Å². The van der Waals surface area contributed by atoms with Crippen molar-refractivity contribution in [2.45, 2.75) is 12.2 Å². The lowest BCUT2D eigenvalue weighted by molar-refractivity contribution is -0.137. The van der Waals surface area contributed by atoms with E-state index in [4.69, 9.17) is 28.9 Å². The van der Waals surface area contributed by atoms with Crippen LogP contribution < -0.4 is 11.1 Å². The fraction of sp³-hybridized carbons (Fsp3) is 0.182. The van der Waals surface area contributed by atoms with Crippen LogP contribution in [-0.2, 0) is 13.2 Å². The molecule has 1 atom stereocenters. The molecule has 3 heterocycles. The van der Waals surface area contributed by atoms with Gasteiger partial charge >= 0.3 is 6.18 Å². The summed E-state index contributed by atoms with van der Waals surface area (Å²) in [6, 6.07) is 6.57. The second kappa shape index (κ2) is 9.57. The maximum absolute atomic E-state index is 12.8. The molecule has 0 aliphatic rings. The van der Waals surface area contributed by atoms with Gasteiger partial charge in [-0.3, -0.25) is 4.98 Å². The van der Waals surface area contributed by atoms with E-state index in [9.17, 15) is 13.2 Å². The number of nitrogens with two attached hydrogens (primary N) is 1. The second-order valence-corrected chi connectivity index (χ2v) is 8.24. The Morgan fingerprint density at radius 2 is 1.85 bits per heavy atom. The zero-order valence-corrected chi connectivity index (χ0v) is 19.2. The zero-order valence-electron chi connectivity index (χ0n) is 17.7. The first-order chi connectivity index (χ1) is 16.1. The highest BCUT2D eigenvalue weighted by atomic mass is 35.5. The van der Waals surface area contributed by atoms with Gasteiger partial charge in [0.1, 0.15) is 5.82 Å². The average molecular weight is 508 g/mol. The molecule has 0 saturated heterocycles. The topological polar surface area (TPSA) is 94.5 Å². The van der Waals surface area contributed by atoms with Gasteiger partial charge in [-0.25, -0.2) is 15.0 Å². The van der Waals surface area contributed by atoms with Crippen LogP contribution in [0.2, 0.25) is 10.0 Å². The molecule has 0 radical (unpaired) electrons. The minimum Gasteiger partial charge on any atom is -0.352 e. The fourth-order valence-corrected chi connectivity index (χ4v) is 3.74. The van der Waals surface area contributed by atoms with Gasteiger partial charge in [0, 0.05) is 49.0 Å². The molecular formula is C22H18Cl2F3N7. The maximum Gasteiger partial charge on any atom is 0.417 e. The molecular weight excluding hydrogens is 490 g/mol. The van der Waals surface area contributed by atoms with Crippen LogP contribution in [0.25, 0.3) is 22.6 Å². The third-order valence-electron chi connectivity index (χ3n) is 5.01. The van der Waals surface area contributed by atoms with Crippen molar-refractivity contribution < 1.29 is 13.2 Å². The van der Waals surface area contributed by atoms with Gasteiger partial charge in [-0.2, -0.15) is 13.2 Å². The van der Waals surface area contributed by atoms with Crippen LogP contribution in [0.1, 0.15) is 17.3 Å². The van der Waals surface area contributed by atoms with E-state index in [2.05, 4.69) is 25.3 Å². The van der Waals surface area contributed by atoms with Gasteiger partial charge < -0.3 is 15.6 Å². The van der Waals surface area contributed by atoms with Gasteiger partial charge in [0.05, 0.1) is 33.6 Å². The van der Waals surface area contributed by atoms with Crippen molar-refractivity contribution in [3.05, 3.63) is 76.4 Å². The summed E-state index contributed by atoms with van der Waals surface area (Å²) in [5, 5.41) is 3.89. The van der Waals surface area contributed by atoms with Gasteiger partial charge in [0.2, 0.25) is 5.95 Å². The van der Waals surface area contributed by atoms with Crippen molar-refractivity contribution in [1.29, 1.82) is 0 Å². The quantitative estimate of drug-likeness (QED) is 0.364. The lowest BCUT2D eigenvalue weighted by atomic mass is 10.1. The Balaban J connectivity index is 1.61. The van der Waals surface area contributed by atoms with Crippen molar-refractivity contribution in [2.24, 2.45) is 12.8 Å². The Morgan fingerprint density at radius 3 is 2.47 bits per heavy atom. The van der Waals surface area contributed by atoms with Crippen LogP contribution >= 0.6 is 23.2 Å². The second-order valence-electron chi connectivity index (χ2n) is 7.40. The van der Waals surface area contributed by atoms with Gasteiger partial charge in [0.25, 0.3) is 0 Å². The highest BCUT2D eigenvalue weighted by Crippen LogP contribution is 2.35. The molecule has 0 aliphatic carbocycles. The van der Waals surface area contributed by atoms with Crippen molar-refractivity contribution in [2.75, 3.05) is 11.9 Å². The number of halogens is 5. The molecule has 3 aromatic heterocycles. The zero-order chi connectivity index (χ0) is 24.5. The summed E-state index contributed by atoms with van der Waals surface area (Å²) in [4.78, 5) is 17.2. The summed E-state index contributed by atoms with van der Waals surface area (Å²) in [6.07, 6.45) is 1.36. The van der Waals surface area contributed by atoms with Crippen LogP contribution in [0.5, 0.6) is 0 Å². The Kier molecular flexibility index (Phi) is 6.74. The Morgan fingerprint density at radius 1 is 1.06 bits per heavy atom. The normalized spacial score (nSPS) is 12.6. The van der Waals surface area contributed by atoms with Gasteiger partial charge in [-0.1, -0.05) is 23.2 Å². The number of pyridine rings is 1. The highest BCUT2D eigenvalue weighted by Gasteiger charge is 2.30. The van der Waals surface area contributed by atoms with E-state index in [1.165, 1.54) is 6.07 Å². The number of anilines is 1. The number of benzene rings is 1. The third-order valence-corrected chi connectivity index (χ3v) is 5.56. The molecule has 7 nitrogen and oxygen atoms in total. The van der Waals surface area contributed by atoms with Gasteiger partial charge in [-0.15, -0.1) is 0 Å². The number of aryl methyl sites for hydroxylation is 1. The summed E-state index contributed by atoms with van der Waals surface area (Å²) in [5.41, 5.74) is 7.37. The van der Waals surface area contributed by atoms with E-state index in [-0.39, 0.29) is 12.5 Å². The largest absolute Gasteiger partial charge is 0.417 e. The van der Waals surface area contributed by atoms with Crippen molar-refractivity contribution >= 4 is 29.2 Å². The molecule has 34 heavy (non-hydrogen) atoms. The molecule has 1 unspecified atom stereocenters. The predicted molar refractivity (Wildman–Crippen MR) is 124 cm³/mol. The van der Waals surface area contributed by atoms with Crippen LogP contribution in [0.3, 0.4) is 0 Å². The SMILES string of the molecule is Cn1ccnc1-c1cnc(NCC(N)c2ccc(C(F)(F)F)cn2)nc1-c1ccc(Cl)cc1Cl. The molecule has 1 aromatic carbocycles. The number of rotatable bonds is 6. The molecule has 12 heteroatoms. The number of nitrogens with one attached hydrogen (secondary N) is 1. The van der Waals surface area contributed by atoms with E-state index in [1.54, 1.807) is 36.8 Å². The highest BCUT2D eigenvalue weighted by molar-refractivity contribution is 6.36. The standard InChI is InChI=1S/C22H18Cl2F3N7/c1-34-7-6-29-20(34)15-10-31-21(33-19(15)14-4-3-13(23)8-16(14)24)32-11-17(28)18-5-2-12(9-30-18)22(25,26)27/h2-10,17H,11,28H2,1H3,(H,31,32,33). The summed E-state index contributed by atoms with van der Waals surface area (Å²) in [5.74, 6) is 0.888. The maximum atomic E-state index is 12.8. The van der Waals surface area contributed by atoms with E-state index in [0.717, 1.165) is 12.3 Å². The number of hydrogen-bond acceptors (Lipinski definition) is 6. The van der Waals surface area contributed by atoms with E-state index in [0.29, 0.717) is 38.4 Å². The molecule has 0 fully saturated rings. The smallest absolute Gasteiger partial charge is 0.352 e. The number of hydrogen-bond donors (Lipinski definition) is 2. The molecule has 0 spiro atoms. The first-order valence-electron chi connectivity index (χ1n) is 9.96. The van der Waals surface area contributed by atoms with Crippen LogP contribution in [0.15, 0.2) is 55.1 Å². The number of alkyl halides is 3. The summed E-state index contributed by atoms with van der Waals surface area (Å²) >= 11 is 12.5. The molecule has 176 valence electrons. The number of aromatic nitrogens is 5. The first kappa shape index (κ1) is 23.9. The van der Waals surface area contributed by atoms with Gasteiger partial charge in [-0.05, 0) is 30.3 Å². The molecule has 0 saturated carbocycles. The first-order valence-corrected chi connectivity index (χ1v) is 10.7. The van der Waals surface area contributed by atoms with E-state index < -0.39 is 17.8 Å². The third kappa shape index (κ3) is 5.14. The molecule has 4 rings (SSSR count). The van der Waals surface area contributed by atoms with Crippen molar-refractivity contribution in [3.8, 4) is 22.6 Å². The van der Waals surface area contributed by atoms with Crippen LogP contribution in [0.4, 0.5) is 19.1 Å². The lowest BCUT2D eigenvalue weighted by Crippen LogP contribution is -2.23. The van der Waals surface area contributed by atoms with E-state index >= 15 is 0 Å². The van der Waals surface area contributed by atoms with E-state index in [1.807, 2.05) is 11.6 Å². The predicted octanol–water partition coefficient (Wildman–Crippen LogP) is 5.38. The number of nitrogens with zero attached hydrogens (tertiary/aromatic N) is 5. The summed E-state index contributed by atoms with van der Waals surface area (Å²) < 4.78 is 40.1. The summed E-state index contributed by atoms with van der Waals surface area (Å²) in [7, 11) is 1.85. The fourth-order valence-electron chi connectivity index (χ4n) is 3.24. The average Bonchev–Trinajstić information content (AvgIpc) is 3.22. The Bertz CT molecular complexity index is 1310. The summed E-state index contributed by atoms with van der Waals surface area (Å²) in [6.45, 7) is 0.133. The lowest BCUT2D eigenvalue weighted by Gasteiger charge is -2.15. The Hall–Kier alpha value is -3.21. The van der Waals surface area contributed by atoms with Gasteiger partial charge in [0.15, 0.2) is 0 Å². The number of imidazole rings is 1. The molecule has 0 bridgehead atoms. The van der Waals surface area contributed by atoms with Crippen LogP contribution in [-0.4, -0.2) is 31.0 Å². The minimum absolute atomic E-state index is 0.133. The molecule has 4 aromatic rings. The molecule has 0 aliphatic heterocycles. The minimum atomic E-state index is -4.46. The molecule has 3 N–H and O–H groups in total. The molecule has 0 amide bonds. The monoisotopic (exact) mass is 507 g/mol. The van der Waals surface area contributed by atoms with Crippen molar-refractivity contribution in [3.63, 3.8) is 0 Å². The van der Waals surface area contributed by atoms with Crippen LogP contribution in [0, 0.1) is 0 Å². The Labute approximate surface area is 202 Å².